The van der Waals surface area contributed by atoms with Crippen molar-refractivity contribution in [3.05, 3.63) is 40.7 Å². The fourth-order valence-corrected chi connectivity index (χ4v) is 2.22. The van der Waals surface area contributed by atoms with Crippen molar-refractivity contribution in [1.29, 1.82) is 0 Å². The predicted molar refractivity (Wildman–Crippen MR) is 70.3 cm³/mol. The summed E-state index contributed by atoms with van der Waals surface area (Å²) < 4.78 is 41.8. The molecule has 0 aliphatic rings. The number of hydrogen-bond donors (Lipinski definition) is 1. The average Bonchev–Trinajstić information content (AvgIpc) is 2.36. The highest BCUT2D eigenvalue weighted by molar-refractivity contribution is 5.94. The van der Waals surface area contributed by atoms with Crippen LogP contribution in [0.15, 0.2) is 12.1 Å². The molecule has 0 amide bonds. The van der Waals surface area contributed by atoms with Crippen LogP contribution in [0.25, 0.3) is 10.8 Å². The van der Waals surface area contributed by atoms with E-state index in [0.717, 1.165) is 6.07 Å². The molecule has 2 aromatic rings. The molecule has 0 spiro atoms. The summed E-state index contributed by atoms with van der Waals surface area (Å²) in [6, 6.07) is 2.28. The molecular formula is C15H12F3N. The zero-order chi connectivity index (χ0) is 14.3. The van der Waals surface area contributed by atoms with Gasteiger partial charge in [0.15, 0.2) is 11.6 Å². The molecular weight excluding hydrogens is 251 g/mol. The number of hydrogen-bond acceptors (Lipinski definition) is 1. The van der Waals surface area contributed by atoms with Crippen LogP contribution in [0.2, 0.25) is 0 Å². The molecule has 0 bridgehead atoms. The van der Waals surface area contributed by atoms with Gasteiger partial charge in [-0.05, 0) is 18.1 Å². The second kappa shape index (κ2) is 4.51. The minimum atomic E-state index is -0.909. The molecule has 0 saturated carbocycles. The maximum Gasteiger partial charge on any atom is 0.156 e. The van der Waals surface area contributed by atoms with Gasteiger partial charge in [-0.1, -0.05) is 19.8 Å². The lowest BCUT2D eigenvalue weighted by atomic mass is 9.91. The first-order valence-electron chi connectivity index (χ1n) is 5.75. The van der Waals surface area contributed by atoms with E-state index < -0.39 is 23.1 Å². The third-order valence-electron chi connectivity index (χ3n) is 3.09. The van der Waals surface area contributed by atoms with Gasteiger partial charge in [0.25, 0.3) is 0 Å². The Morgan fingerprint density at radius 2 is 1.79 bits per heavy atom. The van der Waals surface area contributed by atoms with Gasteiger partial charge in [-0.15, -0.1) is 6.42 Å². The SMILES string of the molecule is C#Cc1c(F)ccc2c(F)c(N)c(F)c(C(C)C)c12. The Morgan fingerprint density at radius 3 is 2.32 bits per heavy atom. The maximum absolute atomic E-state index is 14.1. The van der Waals surface area contributed by atoms with Crippen LogP contribution in [0.1, 0.15) is 30.9 Å². The molecule has 0 atom stereocenters. The molecule has 0 unspecified atom stereocenters. The van der Waals surface area contributed by atoms with Crippen LogP contribution in [0, 0.1) is 29.8 Å². The lowest BCUT2D eigenvalue weighted by molar-refractivity contribution is 0.580. The van der Waals surface area contributed by atoms with Crippen LogP contribution in [0.5, 0.6) is 0 Å². The molecule has 2 rings (SSSR count). The number of halogens is 3. The van der Waals surface area contributed by atoms with Gasteiger partial charge in [0, 0.05) is 16.3 Å². The van der Waals surface area contributed by atoms with Crippen molar-refractivity contribution in [2.75, 3.05) is 5.73 Å². The van der Waals surface area contributed by atoms with Crippen molar-refractivity contribution >= 4 is 16.5 Å². The molecule has 0 aliphatic heterocycles. The highest BCUT2D eigenvalue weighted by Crippen LogP contribution is 2.37. The molecule has 2 N–H and O–H groups in total. The molecule has 0 radical (unpaired) electrons. The Hall–Kier alpha value is -2.15. The minimum absolute atomic E-state index is 0.0388. The monoisotopic (exact) mass is 263 g/mol. The Labute approximate surface area is 109 Å². The largest absolute Gasteiger partial charge is 0.394 e. The molecule has 0 saturated heterocycles. The number of fused-ring (bicyclic) bond motifs is 1. The summed E-state index contributed by atoms with van der Waals surface area (Å²) in [5, 5.41) is 0.124. The Bertz CT molecular complexity index is 712. The van der Waals surface area contributed by atoms with Gasteiger partial charge in [0.1, 0.15) is 11.5 Å². The van der Waals surface area contributed by atoms with E-state index in [1.54, 1.807) is 13.8 Å². The minimum Gasteiger partial charge on any atom is -0.394 e. The molecule has 0 aliphatic carbocycles. The Kier molecular flexibility index (Phi) is 3.15. The van der Waals surface area contributed by atoms with Crippen molar-refractivity contribution in [2.45, 2.75) is 19.8 Å². The summed E-state index contributed by atoms with van der Waals surface area (Å²) >= 11 is 0. The Morgan fingerprint density at radius 1 is 1.16 bits per heavy atom. The first kappa shape index (κ1) is 13.3. The van der Waals surface area contributed by atoms with Crippen LogP contribution in [-0.2, 0) is 0 Å². The number of anilines is 1. The molecule has 0 fully saturated rings. The van der Waals surface area contributed by atoms with Gasteiger partial charge in [-0.2, -0.15) is 0 Å². The third-order valence-corrected chi connectivity index (χ3v) is 3.09. The first-order chi connectivity index (χ1) is 8.90. The summed E-state index contributed by atoms with van der Waals surface area (Å²) in [5.41, 5.74) is 4.86. The van der Waals surface area contributed by atoms with Crippen LogP contribution in [0.4, 0.5) is 18.9 Å². The third kappa shape index (κ3) is 1.82. The van der Waals surface area contributed by atoms with Gasteiger partial charge in [-0.25, -0.2) is 13.2 Å². The zero-order valence-corrected chi connectivity index (χ0v) is 10.5. The number of nitrogens with two attached hydrogens (primary N) is 1. The quantitative estimate of drug-likeness (QED) is 0.612. The predicted octanol–water partition coefficient (Wildman–Crippen LogP) is 3.94. The highest BCUT2D eigenvalue weighted by atomic mass is 19.1. The lowest BCUT2D eigenvalue weighted by Gasteiger charge is -2.16. The second-order valence-corrected chi connectivity index (χ2v) is 4.60. The maximum atomic E-state index is 14.1. The van der Waals surface area contributed by atoms with E-state index in [1.165, 1.54) is 6.07 Å². The molecule has 4 heteroatoms. The van der Waals surface area contributed by atoms with E-state index in [9.17, 15) is 13.2 Å². The standard InChI is InChI=1S/C15H12F3N/c1-4-8-10(16)6-5-9-12(8)11(7(2)3)14(18)15(19)13(9)17/h1,5-7H,19H2,2-3H3. The summed E-state index contributed by atoms with van der Waals surface area (Å²) in [6.45, 7) is 3.42. The fraction of sp³-hybridized carbons (Fsp3) is 0.200. The van der Waals surface area contributed by atoms with Crippen molar-refractivity contribution in [3.63, 3.8) is 0 Å². The van der Waals surface area contributed by atoms with Gasteiger partial charge in [0.05, 0.1) is 5.56 Å². The van der Waals surface area contributed by atoms with Crippen LogP contribution >= 0.6 is 0 Å². The normalized spacial score (nSPS) is 11.0. The van der Waals surface area contributed by atoms with Gasteiger partial charge in [-0.3, -0.25) is 0 Å². The topological polar surface area (TPSA) is 26.0 Å². The van der Waals surface area contributed by atoms with Crippen molar-refractivity contribution < 1.29 is 13.2 Å². The molecule has 98 valence electrons. The number of benzene rings is 2. The van der Waals surface area contributed by atoms with Crippen LogP contribution in [-0.4, -0.2) is 0 Å². The summed E-state index contributed by atoms with van der Waals surface area (Å²) in [5.74, 6) is -0.610. The second-order valence-electron chi connectivity index (χ2n) is 4.60. The van der Waals surface area contributed by atoms with E-state index in [0.29, 0.717) is 0 Å². The van der Waals surface area contributed by atoms with E-state index in [1.807, 2.05) is 0 Å². The van der Waals surface area contributed by atoms with E-state index in [2.05, 4.69) is 5.92 Å². The van der Waals surface area contributed by atoms with Crippen LogP contribution < -0.4 is 5.73 Å². The molecule has 2 aromatic carbocycles. The van der Waals surface area contributed by atoms with Gasteiger partial charge in [0.2, 0.25) is 0 Å². The number of terminal acetylenes is 1. The molecule has 19 heavy (non-hydrogen) atoms. The number of nitrogen functional groups attached to an aromatic ring is 1. The average molecular weight is 263 g/mol. The van der Waals surface area contributed by atoms with Gasteiger partial charge >= 0.3 is 0 Å². The van der Waals surface area contributed by atoms with Crippen LogP contribution in [0.3, 0.4) is 0 Å². The van der Waals surface area contributed by atoms with E-state index in [-0.39, 0.29) is 27.8 Å². The molecule has 1 nitrogen and oxygen atoms in total. The highest BCUT2D eigenvalue weighted by Gasteiger charge is 2.22. The van der Waals surface area contributed by atoms with Crippen molar-refractivity contribution in [3.8, 4) is 12.3 Å². The zero-order valence-electron chi connectivity index (χ0n) is 10.5. The summed E-state index contributed by atoms with van der Waals surface area (Å²) in [6.07, 6.45) is 5.26. The molecule has 0 aromatic heterocycles. The first-order valence-corrected chi connectivity index (χ1v) is 5.75. The fourth-order valence-electron chi connectivity index (χ4n) is 2.22. The van der Waals surface area contributed by atoms with Crippen molar-refractivity contribution in [1.82, 2.24) is 0 Å². The summed E-state index contributed by atoms with van der Waals surface area (Å²) in [4.78, 5) is 0. The van der Waals surface area contributed by atoms with Crippen molar-refractivity contribution in [2.24, 2.45) is 0 Å². The van der Waals surface area contributed by atoms with E-state index >= 15 is 0 Å². The lowest BCUT2D eigenvalue weighted by Crippen LogP contribution is -2.06. The van der Waals surface area contributed by atoms with Gasteiger partial charge < -0.3 is 5.73 Å². The Balaban J connectivity index is 3.15. The smallest absolute Gasteiger partial charge is 0.156 e. The van der Waals surface area contributed by atoms with E-state index in [4.69, 9.17) is 12.2 Å². The summed E-state index contributed by atoms with van der Waals surface area (Å²) in [7, 11) is 0. The molecule has 0 heterocycles. The number of rotatable bonds is 1.